The number of piperazine rings is 1. The Balaban J connectivity index is 2.50. The Labute approximate surface area is 119 Å². The van der Waals surface area contributed by atoms with Crippen LogP contribution in [0.1, 0.15) is 40.5 Å². The van der Waals surface area contributed by atoms with Gasteiger partial charge in [0.25, 0.3) is 0 Å². The van der Waals surface area contributed by atoms with E-state index in [-0.39, 0.29) is 12.1 Å². The second-order valence-electron chi connectivity index (χ2n) is 6.52. The molecule has 19 heavy (non-hydrogen) atoms. The van der Waals surface area contributed by atoms with E-state index in [2.05, 4.69) is 49.9 Å². The molecule has 0 aromatic heterocycles. The number of aliphatic hydroxyl groups is 1. The standard InChI is InChI=1S/C15H33N3O/c1-6-7-16-15(4,12-19)10-13(2)18-9-8-17(5)14(3)11-18/h13-14,16,19H,6-12H2,1-5H3. The summed E-state index contributed by atoms with van der Waals surface area (Å²) in [7, 11) is 2.20. The summed E-state index contributed by atoms with van der Waals surface area (Å²) in [5.41, 5.74) is -0.151. The molecule has 4 heteroatoms. The first-order valence-corrected chi connectivity index (χ1v) is 7.72. The highest BCUT2D eigenvalue weighted by molar-refractivity contribution is 4.89. The Kier molecular flexibility index (Phi) is 6.74. The van der Waals surface area contributed by atoms with Gasteiger partial charge in [-0.2, -0.15) is 0 Å². The predicted molar refractivity (Wildman–Crippen MR) is 81.5 cm³/mol. The lowest BCUT2D eigenvalue weighted by molar-refractivity contribution is 0.0542. The maximum atomic E-state index is 9.66. The molecule has 0 bridgehead atoms. The fourth-order valence-electron chi connectivity index (χ4n) is 2.88. The lowest BCUT2D eigenvalue weighted by Crippen LogP contribution is -2.56. The molecule has 0 saturated carbocycles. The third-order valence-corrected chi connectivity index (χ3v) is 4.51. The average Bonchev–Trinajstić information content (AvgIpc) is 2.39. The summed E-state index contributed by atoms with van der Waals surface area (Å²) in [6.07, 6.45) is 2.11. The molecule has 1 heterocycles. The second-order valence-corrected chi connectivity index (χ2v) is 6.52. The average molecular weight is 271 g/mol. The van der Waals surface area contributed by atoms with Gasteiger partial charge < -0.3 is 15.3 Å². The summed E-state index contributed by atoms with van der Waals surface area (Å²) in [6, 6.07) is 1.14. The number of hydrogen-bond donors (Lipinski definition) is 2. The van der Waals surface area contributed by atoms with E-state index in [1.54, 1.807) is 0 Å². The fraction of sp³-hybridized carbons (Fsp3) is 1.00. The van der Waals surface area contributed by atoms with E-state index in [0.29, 0.717) is 12.1 Å². The monoisotopic (exact) mass is 271 g/mol. The molecule has 3 atom stereocenters. The zero-order chi connectivity index (χ0) is 14.5. The Morgan fingerprint density at radius 3 is 2.63 bits per heavy atom. The van der Waals surface area contributed by atoms with Gasteiger partial charge in [-0.25, -0.2) is 0 Å². The van der Waals surface area contributed by atoms with E-state index < -0.39 is 0 Å². The summed E-state index contributed by atoms with van der Waals surface area (Å²) >= 11 is 0. The molecular weight excluding hydrogens is 238 g/mol. The first-order valence-electron chi connectivity index (χ1n) is 7.72. The molecule has 0 aromatic rings. The minimum absolute atomic E-state index is 0.151. The Hall–Kier alpha value is -0.160. The lowest BCUT2D eigenvalue weighted by Gasteiger charge is -2.43. The molecule has 0 aliphatic carbocycles. The normalized spacial score (nSPS) is 27.2. The summed E-state index contributed by atoms with van der Waals surface area (Å²) in [6.45, 7) is 13.5. The molecule has 1 rings (SSSR count). The highest BCUT2D eigenvalue weighted by Gasteiger charge is 2.30. The predicted octanol–water partition coefficient (Wildman–Crippen LogP) is 1.15. The van der Waals surface area contributed by atoms with Gasteiger partial charge in [0.2, 0.25) is 0 Å². The Morgan fingerprint density at radius 1 is 1.42 bits per heavy atom. The zero-order valence-electron chi connectivity index (χ0n) is 13.4. The molecule has 1 saturated heterocycles. The van der Waals surface area contributed by atoms with Gasteiger partial charge in [-0.05, 0) is 47.2 Å². The number of hydrogen-bond acceptors (Lipinski definition) is 4. The van der Waals surface area contributed by atoms with Crippen LogP contribution in [0.15, 0.2) is 0 Å². The van der Waals surface area contributed by atoms with Crippen LogP contribution < -0.4 is 5.32 Å². The number of aliphatic hydroxyl groups excluding tert-OH is 1. The summed E-state index contributed by atoms with van der Waals surface area (Å²) in [4.78, 5) is 4.98. The van der Waals surface area contributed by atoms with Crippen molar-refractivity contribution >= 4 is 0 Å². The van der Waals surface area contributed by atoms with Gasteiger partial charge in [-0.15, -0.1) is 0 Å². The quantitative estimate of drug-likeness (QED) is 0.729. The second kappa shape index (κ2) is 7.58. The Morgan fingerprint density at radius 2 is 2.11 bits per heavy atom. The van der Waals surface area contributed by atoms with E-state index in [1.807, 2.05) is 0 Å². The van der Waals surface area contributed by atoms with Gasteiger partial charge in [-0.1, -0.05) is 6.92 Å². The molecule has 0 amide bonds. The summed E-state index contributed by atoms with van der Waals surface area (Å²) in [5.74, 6) is 0. The van der Waals surface area contributed by atoms with E-state index in [1.165, 1.54) is 0 Å². The molecule has 0 aromatic carbocycles. The molecule has 0 spiro atoms. The van der Waals surface area contributed by atoms with Gasteiger partial charge in [-0.3, -0.25) is 4.90 Å². The maximum absolute atomic E-state index is 9.66. The third kappa shape index (κ3) is 5.03. The van der Waals surface area contributed by atoms with E-state index in [9.17, 15) is 5.11 Å². The van der Waals surface area contributed by atoms with E-state index >= 15 is 0 Å². The van der Waals surface area contributed by atoms with Crippen molar-refractivity contribution in [2.45, 2.75) is 58.2 Å². The maximum Gasteiger partial charge on any atom is 0.0611 e. The zero-order valence-corrected chi connectivity index (χ0v) is 13.4. The number of rotatable bonds is 7. The molecule has 1 fully saturated rings. The minimum atomic E-state index is -0.151. The van der Waals surface area contributed by atoms with Gasteiger partial charge in [0.05, 0.1) is 6.61 Å². The number of likely N-dealkylation sites (N-methyl/N-ethyl adjacent to an activating group) is 1. The van der Waals surface area contributed by atoms with Crippen LogP contribution >= 0.6 is 0 Å². The third-order valence-electron chi connectivity index (χ3n) is 4.51. The van der Waals surface area contributed by atoms with Crippen molar-refractivity contribution in [1.82, 2.24) is 15.1 Å². The highest BCUT2D eigenvalue weighted by Crippen LogP contribution is 2.19. The smallest absolute Gasteiger partial charge is 0.0611 e. The molecule has 1 aliphatic rings. The van der Waals surface area contributed by atoms with Gasteiger partial charge in [0.15, 0.2) is 0 Å². The van der Waals surface area contributed by atoms with E-state index in [4.69, 9.17) is 0 Å². The van der Waals surface area contributed by atoms with E-state index in [0.717, 1.165) is 39.0 Å². The van der Waals surface area contributed by atoms with Crippen LogP contribution in [0.25, 0.3) is 0 Å². The largest absolute Gasteiger partial charge is 0.394 e. The van der Waals surface area contributed by atoms with Crippen molar-refractivity contribution in [3.63, 3.8) is 0 Å². The van der Waals surface area contributed by atoms with Crippen molar-refractivity contribution in [2.24, 2.45) is 0 Å². The first-order chi connectivity index (χ1) is 8.91. The molecule has 0 radical (unpaired) electrons. The van der Waals surface area contributed by atoms with Gasteiger partial charge >= 0.3 is 0 Å². The van der Waals surface area contributed by atoms with Crippen molar-refractivity contribution in [1.29, 1.82) is 0 Å². The van der Waals surface area contributed by atoms with Crippen molar-refractivity contribution in [3.05, 3.63) is 0 Å². The molecule has 2 N–H and O–H groups in total. The van der Waals surface area contributed by atoms with Crippen molar-refractivity contribution < 1.29 is 5.11 Å². The number of nitrogens with zero attached hydrogens (tertiary/aromatic N) is 2. The van der Waals surface area contributed by atoms with Crippen LogP contribution in [0.5, 0.6) is 0 Å². The van der Waals surface area contributed by atoms with Crippen LogP contribution in [0.2, 0.25) is 0 Å². The summed E-state index contributed by atoms with van der Waals surface area (Å²) in [5, 5.41) is 13.2. The lowest BCUT2D eigenvalue weighted by atomic mass is 9.93. The topological polar surface area (TPSA) is 38.7 Å². The molecule has 114 valence electrons. The van der Waals surface area contributed by atoms with Gasteiger partial charge in [0, 0.05) is 37.3 Å². The van der Waals surface area contributed by atoms with Crippen LogP contribution in [0.3, 0.4) is 0 Å². The summed E-state index contributed by atoms with van der Waals surface area (Å²) < 4.78 is 0. The van der Waals surface area contributed by atoms with Crippen LogP contribution in [0, 0.1) is 0 Å². The van der Waals surface area contributed by atoms with Crippen LogP contribution in [0.4, 0.5) is 0 Å². The Bertz CT molecular complexity index is 262. The molecular formula is C15H33N3O. The molecule has 1 aliphatic heterocycles. The van der Waals surface area contributed by atoms with Crippen LogP contribution in [-0.2, 0) is 0 Å². The molecule has 3 unspecified atom stereocenters. The fourth-order valence-corrected chi connectivity index (χ4v) is 2.88. The first kappa shape index (κ1) is 16.9. The number of nitrogens with one attached hydrogen (secondary N) is 1. The highest BCUT2D eigenvalue weighted by atomic mass is 16.3. The van der Waals surface area contributed by atoms with Gasteiger partial charge in [0.1, 0.15) is 0 Å². The molecule has 4 nitrogen and oxygen atoms in total. The SMILES string of the molecule is CCCNC(C)(CO)CC(C)N1CCN(C)C(C)C1. The van der Waals surface area contributed by atoms with Crippen LogP contribution in [-0.4, -0.2) is 72.4 Å². The van der Waals surface area contributed by atoms with Crippen molar-refractivity contribution in [3.8, 4) is 0 Å². The minimum Gasteiger partial charge on any atom is -0.394 e. The van der Waals surface area contributed by atoms with Crippen molar-refractivity contribution in [2.75, 3.05) is 39.8 Å².